The molecule has 0 spiro atoms. The van der Waals surface area contributed by atoms with Crippen LogP contribution in [0.25, 0.3) is 0 Å². The number of hydrogen-bond donors (Lipinski definition) is 2. The van der Waals surface area contributed by atoms with Gasteiger partial charge < -0.3 is 14.8 Å². The van der Waals surface area contributed by atoms with E-state index in [1.807, 2.05) is 0 Å². The van der Waals surface area contributed by atoms with E-state index in [1.165, 1.54) is 13.2 Å². The standard InChI is InChI=1S/C7H7BBrClO3/c1-13-7-3-5(9)6(10)2-4(7)8(11)12/h2-3,11-12H,1H3. The van der Waals surface area contributed by atoms with Gasteiger partial charge in [-0.1, -0.05) is 11.6 Å². The number of rotatable bonds is 2. The molecule has 2 N–H and O–H groups in total. The molecule has 0 amide bonds. The number of benzene rings is 1. The SMILES string of the molecule is COc1cc(Br)c(Cl)cc1B(O)O. The monoisotopic (exact) mass is 264 g/mol. The van der Waals surface area contributed by atoms with E-state index in [-0.39, 0.29) is 5.46 Å². The molecule has 0 aliphatic heterocycles. The Kier molecular flexibility index (Phi) is 3.61. The van der Waals surface area contributed by atoms with Gasteiger partial charge in [-0.05, 0) is 28.1 Å². The molecule has 13 heavy (non-hydrogen) atoms. The molecule has 0 fully saturated rings. The fourth-order valence-electron chi connectivity index (χ4n) is 0.923. The summed E-state index contributed by atoms with van der Waals surface area (Å²) in [5.74, 6) is 0.381. The van der Waals surface area contributed by atoms with Crippen molar-refractivity contribution < 1.29 is 14.8 Å². The van der Waals surface area contributed by atoms with E-state index < -0.39 is 7.12 Å². The third-order valence-electron chi connectivity index (χ3n) is 1.55. The molecule has 0 atom stereocenters. The number of halogens is 2. The minimum absolute atomic E-state index is 0.246. The van der Waals surface area contributed by atoms with Crippen LogP contribution in [0.15, 0.2) is 16.6 Å². The summed E-state index contributed by atoms with van der Waals surface area (Å²) in [7, 11) is -0.137. The van der Waals surface area contributed by atoms with Gasteiger partial charge in [0, 0.05) is 9.94 Å². The molecular formula is C7H7BBrClO3. The summed E-state index contributed by atoms with van der Waals surface area (Å²) in [5, 5.41) is 18.3. The molecule has 0 aromatic heterocycles. The van der Waals surface area contributed by atoms with E-state index in [2.05, 4.69) is 15.9 Å². The first-order valence-corrected chi connectivity index (χ1v) is 4.62. The molecule has 0 saturated carbocycles. The quantitative estimate of drug-likeness (QED) is 0.777. The Bertz CT molecular complexity index is 319. The van der Waals surface area contributed by atoms with E-state index in [0.29, 0.717) is 15.2 Å². The van der Waals surface area contributed by atoms with Gasteiger partial charge in [-0.25, -0.2) is 0 Å². The summed E-state index contributed by atoms with van der Waals surface area (Å²) < 4.78 is 5.58. The highest BCUT2D eigenvalue weighted by atomic mass is 79.9. The van der Waals surface area contributed by atoms with Crippen LogP contribution in [0.4, 0.5) is 0 Å². The van der Waals surface area contributed by atoms with Crippen molar-refractivity contribution in [3.05, 3.63) is 21.6 Å². The zero-order chi connectivity index (χ0) is 10.0. The first kappa shape index (κ1) is 10.9. The molecular weight excluding hydrogens is 258 g/mol. The summed E-state index contributed by atoms with van der Waals surface area (Å²) in [6.07, 6.45) is 0. The molecule has 0 heterocycles. The van der Waals surface area contributed by atoms with Crippen molar-refractivity contribution in [2.45, 2.75) is 0 Å². The Labute approximate surface area is 89.6 Å². The van der Waals surface area contributed by atoms with E-state index in [4.69, 9.17) is 26.4 Å². The lowest BCUT2D eigenvalue weighted by Crippen LogP contribution is -2.31. The summed E-state index contributed by atoms with van der Waals surface area (Å²) in [6, 6.07) is 3.02. The molecule has 0 aliphatic carbocycles. The maximum Gasteiger partial charge on any atom is 0.492 e. The molecule has 1 aromatic rings. The molecule has 0 bridgehead atoms. The summed E-state index contributed by atoms with van der Waals surface area (Å²) in [5.41, 5.74) is 0.246. The van der Waals surface area contributed by atoms with Crippen molar-refractivity contribution in [1.29, 1.82) is 0 Å². The van der Waals surface area contributed by atoms with Crippen LogP contribution in [0, 0.1) is 0 Å². The molecule has 70 valence electrons. The maximum absolute atomic E-state index is 8.95. The summed E-state index contributed by atoms with van der Waals surface area (Å²) in [4.78, 5) is 0. The van der Waals surface area contributed by atoms with Crippen molar-refractivity contribution in [1.82, 2.24) is 0 Å². The Morgan fingerprint density at radius 2 is 2.08 bits per heavy atom. The molecule has 0 saturated heterocycles. The van der Waals surface area contributed by atoms with Gasteiger partial charge in [0.1, 0.15) is 5.75 Å². The van der Waals surface area contributed by atoms with Crippen LogP contribution in [0.2, 0.25) is 5.02 Å². The van der Waals surface area contributed by atoms with Crippen LogP contribution >= 0.6 is 27.5 Å². The molecule has 6 heteroatoms. The highest BCUT2D eigenvalue weighted by Crippen LogP contribution is 2.25. The van der Waals surface area contributed by atoms with Gasteiger partial charge in [0.2, 0.25) is 0 Å². The van der Waals surface area contributed by atoms with Crippen molar-refractivity contribution in [2.75, 3.05) is 7.11 Å². The van der Waals surface area contributed by atoms with Crippen LogP contribution in [0.1, 0.15) is 0 Å². The average Bonchev–Trinajstić information content (AvgIpc) is 2.08. The summed E-state index contributed by atoms with van der Waals surface area (Å²) in [6.45, 7) is 0. The Morgan fingerprint density at radius 3 is 2.54 bits per heavy atom. The van der Waals surface area contributed by atoms with Gasteiger partial charge in [0.05, 0.1) is 12.1 Å². The molecule has 1 rings (SSSR count). The third kappa shape index (κ3) is 2.37. The van der Waals surface area contributed by atoms with Gasteiger partial charge >= 0.3 is 7.12 Å². The Hall–Kier alpha value is -0.225. The normalized spacial score (nSPS) is 9.92. The van der Waals surface area contributed by atoms with Gasteiger partial charge in [-0.15, -0.1) is 0 Å². The highest BCUT2D eigenvalue weighted by molar-refractivity contribution is 9.10. The van der Waals surface area contributed by atoms with E-state index in [0.717, 1.165) is 0 Å². The lowest BCUT2D eigenvalue weighted by Gasteiger charge is -2.08. The van der Waals surface area contributed by atoms with Gasteiger partial charge in [-0.2, -0.15) is 0 Å². The van der Waals surface area contributed by atoms with E-state index >= 15 is 0 Å². The number of methoxy groups -OCH3 is 1. The second-order valence-electron chi connectivity index (χ2n) is 2.38. The number of ether oxygens (including phenoxy) is 1. The Morgan fingerprint density at radius 1 is 1.46 bits per heavy atom. The minimum atomic E-state index is -1.58. The Balaban J connectivity index is 3.25. The second-order valence-corrected chi connectivity index (χ2v) is 3.64. The predicted molar refractivity (Wildman–Crippen MR) is 55.5 cm³/mol. The molecule has 0 aliphatic rings. The van der Waals surface area contributed by atoms with Crippen LogP contribution in [0.3, 0.4) is 0 Å². The fourth-order valence-corrected chi connectivity index (χ4v) is 1.42. The molecule has 1 aromatic carbocycles. The smallest absolute Gasteiger partial charge is 0.492 e. The van der Waals surface area contributed by atoms with Crippen LogP contribution in [-0.2, 0) is 0 Å². The zero-order valence-electron chi connectivity index (χ0n) is 6.79. The van der Waals surface area contributed by atoms with Gasteiger partial charge in [0.15, 0.2) is 0 Å². The van der Waals surface area contributed by atoms with Crippen LogP contribution in [-0.4, -0.2) is 24.3 Å². The maximum atomic E-state index is 8.95. The predicted octanol–water partition coefficient (Wildman–Crippen LogP) is 0.791. The summed E-state index contributed by atoms with van der Waals surface area (Å²) >= 11 is 8.96. The topological polar surface area (TPSA) is 49.7 Å². The van der Waals surface area contributed by atoms with Gasteiger partial charge in [0.25, 0.3) is 0 Å². The van der Waals surface area contributed by atoms with E-state index in [9.17, 15) is 0 Å². The van der Waals surface area contributed by atoms with Crippen LogP contribution < -0.4 is 10.2 Å². The largest absolute Gasteiger partial charge is 0.497 e. The lowest BCUT2D eigenvalue weighted by atomic mass is 9.79. The van der Waals surface area contributed by atoms with Crippen molar-refractivity contribution >= 4 is 40.1 Å². The average molecular weight is 265 g/mol. The zero-order valence-corrected chi connectivity index (χ0v) is 9.13. The minimum Gasteiger partial charge on any atom is -0.497 e. The molecule has 0 radical (unpaired) electrons. The van der Waals surface area contributed by atoms with Crippen molar-refractivity contribution in [2.24, 2.45) is 0 Å². The van der Waals surface area contributed by atoms with Crippen molar-refractivity contribution in [3.8, 4) is 5.75 Å². The molecule has 3 nitrogen and oxygen atoms in total. The number of hydrogen-bond acceptors (Lipinski definition) is 3. The van der Waals surface area contributed by atoms with E-state index in [1.54, 1.807) is 6.07 Å². The second kappa shape index (κ2) is 4.33. The third-order valence-corrected chi connectivity index (χ3v) is 2.75. The lowest BCUT2D eigenvalue weighted by molar-refractivity contribution is 0.403. The van der Waals surface area contributed by atoms with Gasteiger partial charge in [-0.3, -0.25) is 0 Å². The first-order chi connectivity index (χ1) is 6.06. The first-order valence-electron chi connectivity index (χ1n) is 3.45. The van der Waals surface area contributed by atoms with Crippen LogP contribution in [0.5, 0.6) is 5.75 Å². The van der Waals surface area contributed by atoms with Crippen molar-refractivity contribution in [3.63, 3.8) is 0 Å². The fraction of sp³-hybridized carbons (Fsp3) is 0.143. The molecule has 0 unspecified atom stereocenters. The highest BCUT2D eigenvalue weighted by Gasteiger charge is 2.18.